The summed E-state index contributed by atoms with van der Waals surface area (Å²) >= 11 is 1.60. The SMILES string of the molecule is CNc1nc(-c2ccccc2)[n+](-c2ccccc2)s1.[Br-]. The Labute approximate surface area is 132 Å². The second kappa shape index (κ2) is 6.63. The van der Waals surface area contributed by atoms with Crippen molar-refractivity contribution in [1.82, 2.24) is 4.98 Å². The highest BCUT2D eigenvalue weighted by Crippen LogP contribution is 2.21. The Balaban J connectivity index is 0.00000147. The number of rotatable bonds is 3. The van der Waals surface area contributed by atoms with Crippen molar-refractivity contribution in [2.75, 3.05) is 12.4 Å². The molecule has 3 nitrogen and oxygen atoms in total. The molecule has 1 N–H and O–H groups in total. The fourth-order valence-electron chi connectivity index (χ4n) is 1.90. The average Bonchev–Trinajstić information content (AvgIpc) is 2.93. The van der Waals surface area contributed by atoms with Crippen LogP contribution in [0.4, 0.5) is 5.13 Å². The third-order valence-corrected chi connectivity index (χ3v) is 3.85. The van der Waals surface area contributed by atoms with Gasteiger partial charge >= 0.3 is 11.0 Å². The molecule has 1 heterocycles. The van der Waals surface area contributed by atoms with Crippen LogP contribution in [0.3, 0.4) is 0 Å². The minimum Gasteiger partial charge on any atom is -1.00 e. The van der Waals surface area contributed by atoms with E-state index in [2.05, 4.69) is 38.5 Å². The van der Waals surface area contributed by atoms with Gasteiger partial charge in [0.25, 0.3) is 0 Å². The van der Waals surface area contributed by atoms with E-state index in [1.165, 1.54) is 0 Å². The molecular weight excluding hydrogens is 334 g/mol. The summed E-state index contributed by atoms with van der Waals surface area (Å²) in [5.41, 5.74) is 2.24. The van der Waals surface area contributed by atoms with Gasteiger partial charge in [-0.25, -0.2) is 0 Å². The number of nitrogens with one attached hydrogen (secondary N) is 1. The van der Waals surface area contributed by atoms with E-state index in [4.69, 9.17) is 0 Å². The van der Waals surface area contributed by atoms with Gasteiger partial charge in [0, 0.05) is 7.05 Å². The van der Waals surface area contributed by atoms with E-state index in [-0.39, 0.29) is 17.0 Å². The van der Waals surface area contributed by atoms with Gasteiger partial charge in [-0.3, -0.25) is 0 Å². The molecule has 0 aliphatic heterocycles. The van der Waals surface area contributed by atoms with E-state index < -0.39 is 0 Å². The highest BCUT2D eigenvalue weighted by atomic mass is 79.9. The van der Waals surface area contributed by atoms with Crippen LogP contribution in [-0.2, 0) is 0 Å². The first-order valence-corrected chi connectivity index (χ1v) is 6.88. The Morgan fingerprint density at radius 1 is 0.950 bits per heavy atom. The first-order valence-electron chi connectivity index (χ1n) is 6.10. The van der Waals surface area contributed by atoms with Gasteiger partial charge in [-0.05, 0) is 29.2 Å². The van der Waals surface area contributed by atoms with Gasteiger partial charge in [-0.1, -0.05) is 36.4 Å². The summed E-state index contributed by atoms with van der Waals surface area (Å²) in [5, 5.41) is 4.02. The van der Waals surface area contributed by atoms with Crippen LogP contribution in [0.15, 0.2) is 60.7 Å². The van der Waals surface area contributed by atoms with Crippen LogP contribution >= 0.6 is 11.5 Å². The van der Waals surface area contributed by atoms with Crippen LogP contribution in [0.5, 0.6) is 0 Å². The largest absolute Gasteiger partial charge is 1.00 e. The summed E-state index contributed by atoms with van der Waals surface area (Å²) in [7, 11) is 1.89. The fraction of sp³-hybridized carbons (Fsp3) is 0.0667. The molecule has 2 aromatic carbocycles. The molecule has 0 spiro atoms. The minimum absolute atomic E-state index is 0. The lowest BCUT2D eigenvalue weighted by Gasteiger charge is -1.96. The van der Waals surface area contributed by atoms with Crippen LogP contribution in [0.2, 0.25) is 0 Å². The smallest absolute Gasteiger partial charge is 0.350 e. The van der Waals surface area contributed by atoms with E-state index in [1.807, 2.05) is 43.4 Å². The predicted octanol–water partition coefficient (Wildman–Crippen LogP) is 0.132. The standard InChI is InChI=1S/C15H13N3S.BrH/c1-16-15-17-14(12-8-4-2-5-9-12)18(19-15)13-10-6-3-7-11-13;/h2-11H,1H3;1H. The lowest BCUT2D eigenvalue weighted by molar-refractivity contribution is -0.509. The van der Waals surface area contributed by atoms with Gasteiger partial charge in [-0.15, -0.1) is 3.96 Å². The first-order chi connectivity index (χ1) is 9.38. The zero-order chi connectivity index (χ0) is 13.1. The van der Waals surface area contributed by atoms with Crippen molar-refractivity contribution in [2.24, 2.45) is 0 Å². The highest BCUT2D eigenvalue weighted by molar-refractivity contribution is 7.06. The number of nitrogens with zero attached hydrogens (tertiary/aromatic N) is 2. The van der Waals surface area contributed by atoms with E-state index >= 15 is 0 Å². The maximum atomic E-state index is 4.65. The zero-order valence-corrected chi connectivity index (χ0v) is 13.4. The Morgan fingerprint density at radius 3 is 2.15 bits per heavy atom. The van der Waals surface area contributed by atoms with Crippen molar-refractivity contribution in [2.45, 2.75) is 0 Å². The van der Waals surface area contributed by atoms with Crippen LogP contribution in [-0.4, -0.2) is 12.0 Å². The molecule has 3 aromatic rings. The molecule has 20 heavy (non-hydrogen) atoms. The summed E-state index contributed by atoms with van der Waals surface area (Å²) < 4.78 is 2.14. The quantitative estimate of drug-likeness (QED) is 0.682. The molecule has 0 aliphatic carbocycles. The van der Waals surface area contributed by atoms with Crippen molar-refractivity contribution in [3.05, 3.63) is 60.7 Å². The highest BCUT2D eigenvalue weighted by Gasteiger charge is 2.23. The lowest BCUT2D eigenvalue weighted by atomic mass is 10.2. The molecule has 0 saturated heterocycles. The maximum absolute atomic E-state index is 4.65. The third-order valence-electron chi connectivity index (χ3n) is 2.81. The summed E-state index contributed by atoms with van der Waals surface area (Å²) in [4.78, 5) is 4.65. The zero-order valence-electron chi connectivity index (χ0n) is 11.0. The maximum Gasteiger partial charge on any atom is 0.350 e. The second-order valence-corrected chi connectivity index (χ2v) is 5.01. The number of hydrogen-bond donors (Lipinski definition) is 1. The van der Waals surface area contributed by atoms with Crippen LogP contribution in [0.1, 0.15) is 0 Å². The lowest BCUT2D eigenvalue weighted by Crippen LogP contribution is -3.00. The van der Waals surface area contributed by atoms with E-state index in [9.17, 15) is 0 Å². The molecule has 0 amide bonds. The molecule has 0 atom stereocenters. The van der Waals surface area contributed by atoms with Crippen molar-refractivity contribution in [3.8, 4) is 17.1 Å². The van der Waals surface area contributed by atoms with Crippen molar-refractivity contribution < 1.29 is 20.9 Å². The Bertz CT molecular complexity index is 611. The van der Waals surface area contributed by atoms with Gasteiger partial charge in [0.15, 0.2) is 0 Å². The molecule has 1 aromatic heterocycles. The Morgan fingerprint density at radius 2 is 1.55 bits per heavy atom. The van der Waals surface area contributed by atoms with Gasteiger partial charge in [0.05, 0.1) is 5.56 Å². The van der Waals surface area contributed by atoms with Crippen molar-refractivity contribution in [3.63, 3.8) is 0 Å². The predicted molar refractivity (Wildman–Crippen MR) is 78.6 cm³/mol. The van der Waals surface area contributed by atoms with Crippen LogP contribution in [0, 0.1) is 0 Å². The summed E-state index contributed by atoms with van der Waals surface area (Å²) in [6, 6.07) is 20.5. The van der Waals surface area contributed by atoms with E-state index in [0.717, 1.165) is 22.2 Å². The van der Waals surface area contributed by atoms with Gasteiger partial charge < -0.3 is 22.3 Å². The van der Waals surface area contributed by atoms with Crippen molar-refractivity contribution in [1.29, 1.82) is 0 Å². The number of hydrogen-bond acceptors (Lipinski definition) is 3. The molecule has 5 heteroatoms. The number of benzene rings is 2. The number of halogens is 1. The average molecular weight is 348 g/mol. The Hall–Kier alpha value is -1.72. The molecule has 3 rings (SSSR count). The van der Waals surface area contributed by atoms with Gasteiger partial charge in [-0.2, -0.15) is 0 Å². The minimum atomic E-state index is 0. The third kappa shape index (κ3) is 2.89. The first kappa shape index (κ1) is 14.7. The monoisotopic (exact) mass is 347 g/mol. The molecule has 102 valence electrons. The summed E-state index contributed by atoms with van der Waals surface area (Å²) in [6.07, 6.45) is 0. The number of aromatic nitrogens is 2. The van der Waals surface area contributed by atoms with Gasteiger partial charge in [0.2, 0.25) is 0 Å². The molecule has 0 aliphatic rings. The molecular formula is C15H14BrN3S. The van der Waals surface area contributed by atoms with Gasteiger partial charge in [0.1, 0.15) is 17.2 Å². The normalized spacial score (nSPS) is 9.85. The molecule has 0 bridgehead atoms. The number of anilines is 1. The van der Waals surface area contributed by atoms with E-state index in [1.54, 1.807) is 11.5 Å². The summed E-state index contributed by atoms with van der Waals surface area (Å²) in [6.45, 7) is 0. The summed E-state index contributed by atoms with van der Waals surface area (Å²) in [5.74, 6) is 0.959. The molecule has 0 fully saturated rings. The molecule has 0 radical (unpaired) electrons. The van der Waals surface area contributed by atoms with Crippen LogP contribution < -0.4 is 26.3 Å². The van der Waals surface area contributed by atoms with E-state index in [0.29, 0.717) is 0 Å². The molecule has 0 unspecified atom stereocenters. The van der Waals surface area contributed by atoms with Crippen LogP contribution in [0.25, 0.3) is 17.1 Å². The molecule has 0 saturated carbocycles. The Kier molecular flexibility index (Phi) is 4.87. The fourth-order valence-corrected chi connectivity index (χ4v) is 2.75. The second-order valence-electron chi connectivity index (χ2n) is 4.08. The van der Waals surface area contributed by atoms with Crippen molar-refractivity contribution >= 4 is 16.7 Å². The topological polar surface area (TPSA) is 28.8 Å². The number of para-hydroxylation sites is 1.